The number of hydrogen-bond donors (Lipinski definition) is 2. The van der Waals surface area contributed by atoms with Gasteiger partial charge in [0.05, 0.1) is 20.3 Å². The maximum absolute atomic E-state index is 10.2. The van der Waals surface area contributed by atoms with Crippen molar-refractivity contribution in [3.05, 3.63) is 23.8 Å². The number of methoxy groups -OCH3 is 1. The van der Waals surface area contributed by atoms with Crippen LogP contribution in [0.2, 0.25) is 0 Å². The third kappa shape index (κ3) is 1.50. The van der Waals surface area contributed by atoms with Gasteiger partial charge in [-0.05, 0) is 18.2 Å². The molecule has 0 spiro atoms. The van der Waals surface area contributed by atoms with Crippen LogP contribution in [0.15, 0.2) is 18.2 Å². The Morgan fingerprint density at radius 3 is 2.88 bits per heavy atom. The van der Waals surface area contributed by atoms with E-state index in [0.717, 1.165) is 0 Å². The fourth-order valence-corrected chi connectivity index (χ4v) is 2.19. The summed E-state index contributed by atoms with van der Waals surface area (Å²) in [6.45, 7) is 0.260. The van der Waals surface area contributed by atoms with E-state index in [0.29, 0.717) is 23.7 Å². The van der Waals surface area contributed by atoms with Crippen LogP contribution < -0.4 is 9.47 Å². The molecule has 5 heteroatoms. The molecule has 0 amide bonds. The first-order valence-corrected chi connectivity index (χ1v) is 5.48. The second-order valence-corrected chi connectivity index (χ2v) is 4.40. The highest BCUT2D eigenvalue weighted by Gasteiger charge is 2.58. The Morgan fingerprint density at radius 2 is 2.29 bits per heavy atom. The Morgan fingerprint density at radius 1 is 1.53 bits per heavy atom. The molecule has 3 rings (SSSR count). The molecule has 0 unspecified atom stereocenters. The van der Waals surface area contributed by atoms with Gasteiger partial charge < -0.3 is 24.4 Å². The molecule has 2 aliphatic heterocycles. The van der Waals surface area contributed by atoms with Crippen molar-refractivity contribution in [3.63, 3.8) is 0 Å². The van der Waals surface area contributed by atoms with Crippen LogP contribution in [0.1, 0.15) is 11.7 Å². The van der Waals surface area contributed by atoms with E-state index in [1.165, 1.54) is 0 Å². The summed E-state index contributed by atoms with van der Waals surface area (Å²) in [5.74, 6) is 1.29. The zero-order chi connectivity index (χ0) is 12.0. The first-order valence-electron chi connectivity index (χ1n) is 5.48. The molecular weight excluding hydrogens is 224 g/mol. The number of hydrogen-bond acceptors (Lipinski definition) is 5. The summed E-state index contributed by atoms with van der Waals surface area (Å²) in [7, 11) is 1.57. The molecule has 2 aliphatic rings. The minimum Gasteiger partial charge on any atom is -0.497 e. The summed E-state index contributed by atoms with van der Waals surface area (Å²) in [5.41, 5.74) is -0.0660. The minimum atomic E-state index is -0.797. The van der Waals surface area contributed by atoms with Crippen LogP contribution in [0, 0.1) is 0 Å². The second-order valence-electron chi connectivity index (χ2n) is 4.40. The Balaban J connectivity index is 1.92. The van der Waals surface area contributed by atoms with Crippen LogP contribution >= 0.6 is 0 Å². The van der Waals surface area contributed by atoms with Gasteiger partial charge in [-0.25, -0.2) is 0 Å². The molecule has 92 valence electrons. The number of aliphatic hydroxyl groups is 2. The minimum absolute atomic E-state index is 0.153. The fourth-order valence-electron chi connectivity index (χ4n) is 2.19. The number of fused-ring (bicyclic) bond motifs is 1. The Labute approximate surface area is 98.5 Å². The van der Waals surface area contributed by atoms with E-state index in [1.807, 2.05) is 0 Å². The van der Waals surface area contributed by atoms with Crippen molar-refractivity contribution < 1.29 is 24.4 Å². The van der Waals surface area contributed by atoms with Crippen molar-refractivity contribution in [2.75, 3.05) is 20.3 Å². The van der Waals surface area contributed by atoms with E-state index in [1.54, 1.807) is 25.3 Å². The average molecular weight is 238 g/mol. The second kappa shape index (κ2) is 3.60. The Bertz CT molecular complexity index is 441. The molecule has 0 radical (unpaired) electrons. The molecule has 1 aromatic rings. The lowest BCUT2D eigenvalue weighted by atomic mass is 9.96. The quantitative estimate of drug-likeness (QED) is 0.739. The molecule has 0 aliphatic carbocycles. The summed E-state index contributed by atoms with van der Waals surface area (Å²) >= 11 is 0. The maximum Gasteiger partial charge on any atom is 0.162 e. The summed E-state index contributed by atoms with van der Waals surface area (Å²) in [6, 6.07) is 5.27. The van der Waals surface area contributed by atoms with Crippen molar-refractivity contribution in [1.82, 2.24) is 0 Å². The first kappa shape index (κ1) is 10.8. The van der Waals surface area contributed by atoms with E-state index >= 15 is 0 Å². The largest absolute Gasteiger partial charge is 0.497 e. The zero-order valence-electron chi connectivity index (χ0n) is 9.42. The number of ether oxygens (including phenoxy) is 3. The number of epoxide rings is 1. The third-order valence-corrected chi connectivity index (χ3v) is 3.38. The van der Waals surface area contributed by atoms with Crippen LogP contribution in [-0.4, -0.2) is 42.2 Å². The smallest absolute Gasteiger partial charge is 0.162 e. The molecule has 5 nitrogen and oxygen atoms in total. The van der Waals surface area contributed by atoms with Crippen molar-refractivity contribution >= 4 is 0 Å². The SMILES string of the molecule is COc1ccc2c(c1)[C@H](O)[C@@H]([C@]1(CO)CO1)O2. The molecule has 0 aromatic heterocycles. The molecule has 1 fully saturated rings. The van der Waals surface area contributed by atoms with Crippen LogP contribution in [0.5, 0.6) is 11.5 Å². The summed E-state index contributed by atoms with van der Waals surface area (Å²) in [6.07, 6.45) is -1.34. The number of benzene rings is 1. The maximum atomic E-state index is 10.2. The van der Waals surface area contributed by atoms with Gasteiger partial charge in [-0.15, -0.1) is 0 Å². The van der Waals surface area contributed by atoms with E-state index in [4.69, 9.17) is 14.2 Å². The zero-order valence-corrected chi connectivity index (χ0v) is 9.42. The van der Waals surface area contributed by atoms with Crippen molar-refractivity contribution in [3.8, 4) is 11.5 Å². The highest BCUT2D eigenvalue weighted by molar-refractivity contribution is 5.46. The average Bonchev–Trinajstić information content (AvgIpc) is 3.10. The van der Waals surface area contributed by atoms with E-state index in [9.17, 15) is 10.2 Å². The van der Waals surface area contributed by atoms with Gasteiger partial charge in [-0.2, -0.15) is 0 Å². The molecule has 1 saturated heterocycles. The van der Waals surface area contributed by atoms with Crippen molar-refractivity contribution in [2.24, 2.45) is 0 Å². The van der Waals surface area contributed by atoms with Crippen LogP contribution in [0.4, 0.5) is 0 Å². The lowest BCUT2D eigenvalue weighted by molar-refractivity contribution is -0.0102. The first-order chi connectivity index (χ1) is 8.20. The molecule has 1 aromatic carbocycles. The lowest BCUT2D eigenvalue weighted by Crippen LogP contribution is -2.39. The summed E-state index contributed by atoms with van der Waals surface area (Å²) in [5, 5.41) is 19.5. The van der Waals surface area contributed by atoms with Gasteiger partial charge in [0.2, 0.25) is 0 Å². The van der Waals surface area contributed by atoms with Crippen LogP contribution in [-0.2, 0) is 4.74 Å². The Hall–Kier alpha value is -1.30. The molecular formula is C12H14O5. The molecule has 0 saturated carbocycles. The van der Waals surface area contributed by atoms with Gasteiger partial charge in [-0.1, -0.05) is 0 Å². The topological polar surface area (TPSA) is 71.5 Å². The van der Waals surface area contributed by atoms with E-state index in [-0.39, 0.29) is 6.61 Å². The standard InChI is InChI=1S/C12H14O5/c1-15-7-2-3-9-8(4-7)10(14)11(17-9)12(5-13)6-16-12/h2-4,10-11,13-14H,5-6H2,1H3/t10-,11-,12-/m0/s1. The monoisotopic (exact) mass is 238 g/mol. The van der Waals surface area contributed by atoms with Crippen LogP contribution in [0.25, 0.3) is 0 Å². The van der Waals surface area contributed by atoms with Gasteiger partial charge in [-0.3, -0.25) is 0 Å². The Kier molecular flexibility index (Phi) is 2.29. The van der Waals surface area contributed by atoms with E-state index in [2.05, 4.69) is 0 Å². The number of aliphatic hydroxyl groups excluding tert-OH is 2. The van der Waals surface area contributed by atoms with E-state index < -0.39 is 17.8 Å². The lowest BCUT2D eigenvalue weighted by Gasteiger charge is -2.20. The normalized spacial score (nSPS) is 34.1. The van der Waals surface area contributed by atoms with Gasteiger partial charge in [0, 0.05) is 5.56 Å². The molecule has 0 bridgehead atoms. The number of rotatable bonds is 3. The van der Waals surface area contributed by atoms with Gasteiger partial charge in [0.15, 0.2) is 11.7 Å². The van der Waals surface area contributed by atoms with Crippen LogP contribution in [0.3, 0.4) is 0 Å². The van der Waals surface area contributed by atoms with Gasteiger partial charge in [0.25, 0.3) is 0 Å². The van der Waals surface area contributed by atoms with Crippen molar-refractivity contribution in [2.45, 2.75) is 17.8 Å². The van der Waals surface area contributed by atoms with Gasteiger partial charge >= 0.3 is 0 Å². The predicted octanol–water partition coefficient (Wildman–Crippen LogP) is 0.251. The third-order valence-electron chi connectivity index (χ3n) is 3.38. The highest BCUT2D eigenvalue weighted by atomic mass is 16.6. The molecule has 2 N–H and O–H groups in total. The highest BCUT2D eigenvalue weighted by Crippen LogP contribution is 2.47. The predicted molar refractivity (Wildman–Crippen MR) is 58.1 cm³/mol. The molecule has 2 heterocycles. The molecule has 17 heavy (non-hydrogen) atoms. The fraction of sp³-hybridized carbons (Fsp3) is 0.500. The van der Waals surface area contributed by atoms with Crippen molar-refractivity contribution in [1.29, 1.82) is 0 Å². The summed E-state index contributed by atoms with van der Waals surface area (Å²) in [4.78, 5) is 0. The summed E-state index contributed by atoms with van der Waals surface area (Å²) < 4.78 is 16.0. The van der Waals surface area contributed by atoms with Gasteiger partial charge in [0.1, 0.15) is 17.6 Å². The molecule has 3 atom stereocenters.